The molecule has 0 spiro atoms. The molecule has 2 aliphatic heterocycles. The summed E-state index contributed by atoms with van der Waals surface area (Å²) < 4.78 is 11.6. The van der Waals surface area contributed by atoms with Gasteiger partial charge in [-0.25, -0.2) is 0 Å². The lowest BCUT2D eigenvalue weighted by Crippen LogP contribution is -2.30. The Kier molecular flexibility index (Phi) is 1.69. The zero-order valence-electron chi connectivity index (χ0n) is 7.30. The van der Waals surface area contributed by atoms with Gasteiger partial charge in [0.15, 0.2) is 5.79 Å². The summed E-state index contributed by atoms with van der Waals surface area (Å²) in [6.07, 6.45) is 5.35. The third kappa shape index (κ3) is 1.18. The molecule has 2 heterocycles. The fourth-order valence-corrected chi connectivity index (χ4v) is 2.15. The van der Waals surface area contributed by atoms with E-state index in [1.54, 1.807) is 0 Å². The molecule has 0 aliphatic carbocycles. The molecule has 2 aliphatic rings. The molecule has 2 fully saturated rings. The molecule has 3 atom stereocenters. The molecule has 3 unspecified atom stereocenters. The van der Waals surface area contributed by atoms with Crippen molar-refractivity contribution in [2.75, 3.05) is 0 Å². The summed E-state index contributed by atoms with van der Waals surface area (Å²) in [5.74, 6) is -0.233. The molecular weight excluding hydrogens is 140 g/mol. The molecule has 2 bridgehead atoms. The highest BCUT2D eigenvalue weighted by Gasteiger charge is 2.45. The number of hydrogen-bond acceptors (Lipinski definition) is 2. The van der Waals surface area contributed by atoms with E-state index in [1.165, 1.54) is 12.8 Å². The molecule has 0 aromatic carbocycles. The first-order chi connectivity index (χ1) is 5.23. The SMILES string of the molecule is CCC1OC2(C)CCCC1O2. The van der Waals surface area contributed by atoms with Crippen molar-refractivity contribution >= 4 is 0 Å². The van der Waals surface area contributed by atoms with Gasteiger partial charge < -0.3 is 9.47 Å². The molecule has 2 saturated heterocycles. The minimum absolute atomic E-state index is 0.233. The second-order valence-electron chi connectivity index (χ2n) is 3.75. The Morgan fingerprint density at radius 1 is 1.45 bits per heavy atom. The number of ether oxygens (including phenoxy) is 2. The van der Waals surface area contributed by atoms with Crippen LogP contribution < -0.4 is 0 Å². The van der Waals surface area contributed by atoms with E-state index in [0.29, 0.717) is 12.2 Å². The first-order valence-electron chi connectivity index (χ1n) is 4.59. The molecule has 0 saturated carbocycles. The number of rotatable bonds is 1. The number of fused-ring (bicyclic) bond motifs is 2. The Morgan fingerprint density at radius 3 is 2.91 bits per heavy atom. The van der Waals surface area contributed by atoms with E-state index in [-0.39, 0.29) is 5.79 Å². The van der Waals surface area contributed by atoms with E-state index >= 15 is 0 Å². The third-order valence-electron chi connectivity index (χ3n) is 2.74. The van der Waals surface area contributed by atoms with Crippen LogP contribution in [0.15, 0.2) is 0 Å². The molecule has 11 heavy (non-hydrogen) atoms. The molecule has 0 amide bonds. The van der Waals surface area contributed by atoms with Crippen molar-refractivity contribution in [3.05, 3.63) is 0 Å². The van der Waals surface area contributed by atoms with Crippen LogP contribution in [0.4, 0.5) is 0 Å². The van der Waals surface area contributed by atoms with E-state index in [2.05, 4.69) is 13.8 Å². The van der Waals surface area contributed by atoms with Crippen molar-refractivity contribution in [2.24, 2.45) is 0 Å². The quantitative estimate of drug-likeness (QED) is 0.578. The van der Waals surface area contributed by atoms with Gasteiger partial charge in [0.1, 0.15) is 0 Å². The minimum atomic E-state index is -0.233. The van der Waals surface area contributed by atoms with E-state index in [9.17, 15) is 0 Å². The molecule has 2 nitrogen and oxygen atoms in total. The summed E-state index contributed by atoms with van der Waals surface area (Å²) in [7, 11) is 0. The summed E-state index contributed by atoms with van der Waals surface area (Å²) >= 11 is 0. The fourth-order valence-electron chi connectivity index (χ4n) is 2.15. The lowest BCUT2D eigenvalue weighted by molar-refractivity contribution is -0.179. The van der Waals surface area contributed by atoms with Crippen LogP contribution in [0.1, 0.15) is 39.5 Å². The van der Waals surface area contributed by atoms with Crippen molar-refractivity contribution in [2.45, 2.75) is 57.5 Å². The second-order valence-corrected chi connectivity index (χ2v) is 3.75. The Bertz CT molecular complexity index is 158. The van der Waals surface area contributed by atoms with Gasteiger partial charge in [-0.2, -0.15) is 0 Å². The first-order valence-corrected chi connectivity index (χ1v) is 4.59. The van der Waals surface area contributed by atoms with Crippen molar-refractivity contribution in [1.29, 1.82) is 0 Å². The molecule has 0 N–H and O–H groups in total. The van der Waals surface area contributed by atoms with Gasteiger partial charge in [-0.1, -0.05) is 6.92 Å². The summed E-state index contributed by atoms with van der Waals surface area (Å²) in [5.41, 5.74) is 0. The van der Waals surface area contributed by atoms with Crippen LogP contribution in [0.3, 0.4) is 0 Å². The van der Waals surface area contributed by atoms with Gasteiger partial charge in [-0.15, -0.1) is 0 Å². The maximum absolute atomic E-state index is 5.80. The smallest absolute Gasteiger partial charge is 0.166 e. The van der Waals surface area contributed by atoms with Crippen LogP contribution in [-0.4, -0.2) is 18.0 Å². The van der Waals surface area contributed by atoms with Gasteiger partial charge in [0, 0.05) is 6.42 Å². The molecular formula is C9H16O2. The van der Waals surface area contributed by atoms with Gasteiger partial charge in [-0.05, 0) is 26.2 Å². The Balaban J connectivity index is 2.10. The van der Waals surface area contributed by atoms with Crippen LogP contribution in [0.25, 0.3) is 0 Å². The molecule has 0 aromatic heterocycles. The lowest BCUT2D eigenvalue weighted by atomic mass is 10.0. The molecule has 0 radical (unpaired) electrons. The predicted octanol–water partition coefficient (Wildman–Crippen LogP) is 2.08. The average molecular weight is 156 g/mol. The third-order valence-corrected chi connectivity index (χ3v) is 2.74. The van der Waals surface area contributed by atoms with Gasteiger partial charge in [-0.3, -0.25) is 0 Å². The van der Waals surface area contributed by atoms with Crippen molar-refractivity contribution in [3.8, 4) is 0 Å². The zero-order valence-corrected chi connectivity index (χ0v) is 7.30. The zero-order chi connectivity index (χ0) is 7.90. The summed E-state index contributed by atoms with van der Waals surface area (Å²) in [4.78, 5) is 0. The largest absolute Gasteiger partial charge is 0.344 e. The molecule has 64 valence electrons. The van der Waals surface area contributed by atoms with E-state index in [4.69, 9.17) is 9.47 Å². The monoisotopic (exact) mass is 156 g/mol. The van der Waals surface area contributed by atoms with Crippen LogP contribution in [0, 0.1) is 0 Å². The summed E-state index contributed by atoms with van der Waals surface area (Å²) in [6.45, 7) is 4.23. The van der Waals surface area contributed by atoms with Gasteiger partial charge >= 0.3 is 0 Å². The Hall–Kier alpha value is -0.0800. The van der Waals surface area contributed by atoms with E-state index in [1.807, 2.05) is 0 Å². The number of hydrogen-bond donors (Lipinski definition) is 0. The van der Waals surface area contributed by atoms with Crippen molar-refractivity contribution < 1.29 is 9.47 Å². The topological polar surface area (TPSA) is 18.5 Å². The second kappa shape index (κ2) is 2.46. The average Bonchev–Trinajstić information content (AvgIpc) is 2.21. The van der Waals surface area contributed by atoms with Gasteiger partial charge in [0.2, 0.25) is 0 Å². The van der Waals surface area contributed by atoms with E-state index in [0.717, 1.165) is 12.8 Å². The van der Waals surface area contributed by atoms with Crippen LogP contribution >= 0.6 is 0 Å². The minimum Gasteiger partial charge on any atom is -0.344 e. The standard InChI is InChI=1S/C9H16O2/c1-3-7-8-5-4-6-9(2,10-7)11-8/h7-8H,3-6H2,1-2H3. The highest BCUT2D eigenvalue weighted by atomic mass is 16.8. The van der Waals surface area contributed by atoms with Crippen molar-refractivity contribution in [3.63, 3.8) is 0 Å². The fraction of sp³-hybridized carbons (Fsp3) is 1.00. The molecule has 0 aromatic rings. The Labute approximate surface area is 67.9 Å². The molecule has 2 rings (SSSR count). The lowest BCUT2D eigenvalue weighted by Gasteiger charge is -2.26. The predicted molar refractivity (Wildman–Crippen MR) is 42.3 cm³/mol. The normalized spacial score (nSPS) is 49.6. The van der Waals surface area contributed by atoms with Crippen LogP contribution in [0.5, 0.6) is 0 Å². The molecule has 2 heteroatoms. The highest BCUT2D eigenvalue weighted by Crippen LogP contribution is 2.40. The van der Waals surface area contributed by atoms with Crippen LogP contribution in [-0.2, 0) is 9.47 Å². The van der Waals surface area contributed by atoms with Gasteiger partial charge in [0.25, 0.3) is 0 Å². The summed E-state index contributed by atoms with van der Waals surface area (Å²) in [6, 6.07) is 0. The Morgan fingerprint density at radius 2 is 2.27 bits per heavy atom. The summed E-state index contributed by atoms with van der Waals surface area (Å²) in [5, 5.41) is 0. The maximum atomic E-state index is 5.80. The van der Waals surface area contributed by atoms with Gasteiger partial charge in [0.05, 0.1) is 12.2 Å². The van der Waals surface area contributed by atoms with Crippen LogP contribution in [0.2, 0.25) is 0 Å². The highest BCUT2D eigenvalue weighted by molar-refractivity contribution is 4.87. The maximum Gasteiger partial charge on any atom is 0.166 e. The van der Waals surface area contributed by atoms with E-state index < -0.39 is 0 Å². The van der Waals surface area contributed by atoms with Crippen molar-refractivity contribution in [1.82, 2.24) is 0 Å². The first kappa shape index (κ1) is 7.56.